The number of anilines is 1. The van der Waals surface area contributed by atoms with Crippen LogP contribution in [0.25, 0.3) is 5.57 Å². The lowest BCUT2D eigenvalue weighted by molar-refractivity contribution is -0.438. The van der Waals surface area contributed by atoms with Gasteiger partial charge < -0.3 is 14.7 Å². The van der Waals surface area contributed by atoms with Gasteiger partial charge in [0.1, 0.15) is 18.1 Å². The summed E-state index contributed by atoms with van der Waals surface area (Å²) in [5.41, 5.74) is 10.6. The molecule has 0 aromatic heterocycles. The summed E-state index contributed by atoms with van der Waals surface area (Å²) < 4.78 is 9.17. The second-order valence-corrected chi connectivity index (χ2v) is 13.6. The second kappa shape index (κ2) is 12.2. The Kier molecular flexibility index (Phi) is 8.35. The molecular formula is C38H47N2O3+. The maximum atomic E-state index is 11.0. The fraction of sp³-hybridized carbons (Fsp3) is 0.474. The number of rotatable bonds is 10. The molecule has 1 N–H and O–H groups in total. The lowest BCUT2D eigenvalue weighted by Gasteiger charge is -2.39. The number of hydrogen-bond donors (Lipinski definition) is 1. The van der Waals surface area contributed by atoms with Crippen LogP contribution < -0.4 is 9.64 Å². The van der Waals surface area contributed by atoms with Crippen molar-refractivity contribution < 1.29 is 19.2 Å². The van der Waals surface area contributed by atoms with Gasteiger partial charge in [-0.1, -0.05) is 44.2 Å². The third-order valence-corrected chi connectivity index (χ3v) is 9.54. The third-order valence-electron chi connectivity index (χ3n) is 9.54. The van der Waals surface area contributed by atoms with E-state index in [4.69, 9.17) is 9.84 Å². The zero-order chi connectivity index (χ0) is 30.1. The number of aliphatic carboxylic acids is 1. The van der Waals surface area contributed by atoms with Crippen molar-refractivity contribution >= 4 is 28.6 Å². The van der Waals surface area contributed by atoms with E-state index in [1.165, 1.54) is 57.8 Å². The van der Waals surface area contributed by atoms with E-state index in [-0.39, 0.29) is 11.8 Å². The van der Waals surface area contributed by atoms with Crippen LogP contribution in [0, 0.1) is 5.92 Å². The SMILES string of the molecule is CC(C)CC1=C/C(=C\C=C\C2=[N+](CCCCCC(=O)O)c3ccccc3C2(C)C)c2cc3c4c(c2O1)CCCN4CCC3. The molecule has 0 spiro atoms. The topological polar surface area (TPSA) is 52.8 Å². The Morgan fingerprint density at radius 3 is 2.70 bits per heavy atom. The number of carboxylic acids is 1. The first-order chi connectivity index (χ1) is 20.7. The summed E-state index contributed by atoms with van der Waals surface area (Å²) in [6.45, 7) is 12.4. The first kappa shape index (κ1) is 29.5. The lowest BCUT2D eigenvalue weighted by atomic mass is 9.81. The normalized spacial score (nSPS) is 19.4. The zero-order valence-electron chi connectivity index (χ0n) is 26.4. The maximum absolute atomic E-state index is 11.0. The largest absolute Gasteiger partial charge is 0.481 e. The Hall–Kier alpha value is -3.60. The van der Waals surface area contributed by atoms with Crippen LogP contribution in [0.1, 0.15) is 94.9 Å². The van der Waals surface area contributed by atoms with Gasteiger partial charge in [-0.3, -0.25) is 4.79 Å². The molecule has 0 bridgehead atoms. The summed E-state index contributed by atoms with van der Waals surface area (Å²) in [7, 11) is 0. The molecule has 43 heavy (non-hydrogen) atoms. The van der Waals surface area contributed by atoms with E-state index in [0.29, 0.717) is 5.92 Å². The van der Waals surface area contributed by atoms with Gasteiger partial charge in [-0.2, -0.15) is 4.58 Å². The van der Waals surface area contributed by atoms with Crippen LogP contribution in [0.3, 0.4) is 0 Å². The molecule has 0 amide bonds. The minimum atomic E-state index is -0.710. The number of nitrogens with zero attached hydrogens (tertiary/aromatic N) is 2. The van der Waals surface area contributed by atoms with E-state index in [1.807, 2.05) is 0 Å². The minimum Gasteiger partial charge on any atom is -0.481 e. The van der Waals surface area contributed by atoms with Crippen molar-refractivity contribution in [3.63, 3.8) is 0 Å². The predicted octanol–water partition coefficient (Wildman–Crippen LogP) is 8.37. The first-order valence-corrected chi connectivity index (χ1v) is 16.4. The van der Waals surface area contributed by atoms with Crippen LogP contribution in [-0.2, 0) is 23.1 Å². The number of fused-ring (bicyclic) bond motifs is 3. The van der Waals surface area contributed by atoms with Crippen molar-refractivity contribution in [2.24, 2.45) is 5.92 Å². The number of para-hydroxylation sites is 1. The van der Waals surface area contributed by atoms with E-state index in [9.17, 15) is 4.79 Å². The Morgan fingerprint density at radius 2 is 1.91 bits per heavy atom. The summed E-state index contributed by atoms with van der Waals surface area (Å²) in [5.74, 6) is 1.97. The molecule has 0 aliphatic carbocycles. The summed E-state index contributed by atoms with van der Waals surface area (Å²) >= 11 is 0. The van der Waals surface area contributed by atoms with E-state index < -0.39 is 5.97 Å². The van der Waals surface area contributed by atoms with E-state index in [2.05, 4.69) is 91.8 Å². The highest BCUT2D eigenvalue weighted by Crippen LogP contribution is 2.48. The molecular weight excluding hydrogens is 532 g/mol. The van der Waals surface area contributed by atoms with Crippen LogP contribution in [0.2, 0.25) is 0 Å². The van der Waals surface area contributed by atoms with Crippen LogP contribution in [0.15, 0.2) is 60.4 Å². The summed E-state index contributed by atoms with van der Waals surface area (Å²) in [4.78, 5) is 13.6. The van der Waals surface area contributed by atoms with Crippen LogP contribution >= 0.6 is 0 Å². The van der Waals surface area contributed by atoms with Gasteiger partial charge in [0.25, 0.3) is 0 Å². The molecule has 2 aromatic carbocycles. The molecule has 0 fully saturated rings. The molecule has 0 radical (unpaired) electrons. The number of hydrogen-bond acceptors (Lipinski definition) is 3. The minimum absolute atomic E-state index is 0.119. The summed E-state index contributed by atoms with van der Waals surface area (Å²) in [6, 6.07) is 11.1. The number of ether oxygens (including phenoxy) is 1. The number of allylic oxidation sites excluding steroid dienone is 6. The third kappa shape index (κ3) is 5.83. The quantitative estimate of drug-likeness (QED) is 0.227. The molecule has 226 valence electrons. The average Bonchev–Trinajstić information content (AvgIpc) is 3.19. The number of unbranched alkanes of at least 4 members (excludes halogenated alkanes) is 2. The fourth-order valence-corrected chi connectivity index (χ4v) is 7.56. The fourth-order valence-electron chi connectivity index (χ4n) is 7.56. The summed E-state index contributed by atoms with van der Waals surface area (Å²) in [6.07, 6.45) is 17.5. The molecule has 0 unspecified atom stereocenters. The Labute approximate surface area is 257 Å². The molecule has 6 rings (SSSR count). The zero-order valence-corrected chi connectivity index (χ0v) is 26.4. The highest BCUT2D eigenvalue weighted by Gasteiger charge is 2.43. The highest BCUT2D eigenvalue weighted by atomic mass is 16.5. The predicted molar refractivity (Wildman–Crippen MR) is 176 cm³/mol. The first-order valence-electron chi connectivity index (χ1n) is 16.4. The molecule has 0 saturated heterocycles. The van der Waals surface area contributed by atoms with Gasteiger partial charge in [-0.05, 0) is 81.6 Å². The molecule has 4 aliphatic heterocycles. The second-order valence-electron chi connectivity index (χ2n) is 13.6. The van der Waals surface area contributed by atoms with E-state index in [0.717, 1.165) is 69.7 Å². The molecule has 0 atom stereocenters. The van der Waals surface area contributed by atoms with Crippen molar-refractivity contribution in [3.05, 3.63) is 82.6 Å². The van der Waals surface area contributed by atoms with Crippen molar-refractivity contribution in [1.29, 1.82) is 0 Å². The standard InChI is InChI=1S/C38H46N2O3/c1-26(2)23-29-24-27(31-25-28-14-11-20-39-21-12-15-30(36(28)39)37(31)43-29)13-10-18-34-38(3,4)32-16-7-8-17-33(32)40(34)22-9-5-6-19-35(41)42/h7-8,10,13,16-18,24-26H,5-6,9,11-12,14-15,19-23H2,1-4H3/p+1. The van der Waals surface area contributed by atoms with E-state index >= 15 is 0 Å². The van der Waals surface area contributed by atoms with Crippen LogP contribution in [0.4, 0.5) is 11.4 Å². The Bertz CT molecular complexity index is 1540. The van der Waals surface area contributed by atoms with E-state index in [1.54, 1.807) is 0 Å². The number of carbonyl (C=O) groups is 1. The molecule has 4 aliphatic rings. The van der Waals surface area contributed by atoms with Crippen molar-refractivity contribution in [3.8, 4) is 5.75 Å². The van der Waals surface area contributed by atoms with Gasteiger partial charge in [0.15, 0.2) is 5.71 Å². The number of carboxylic acid groups (broad SMARTS) is 1. The van der Waals surface area contributed by atoms with Crippen molar-refractivity contribution in [2.75, 3.05) is 24.5 Å². The molecule has 5 nitrogen and oxygen atoms in total. The van der Waals surface area contributed by atoms with Gasteiger partial charge >= 0.3 is 5.97 Å². The van der Waals surface area contributed by atoms with Crippen LogP contribution in [-0.4, -0.2) is 41.0 Å². The maximum Gasteiger partial charge on any atom is 0.303 e. The molecule has 5 heteroatoms. The molecule has 2 aromatic rings. The number of benzene rings is 2. The number of aryl methyl sites for hydroxylation is 1. The smallest absolute Gasteiger partial charge is 0.303 e. The van der Waals surface area contributed by atoms with Crippen molar-refractivity contribution in [2.45, 2.75) is 90.9 Å². The Morgan fingerprint density at radius 1 is 1.12 bits per heavy atom. The summed E-state index contributed by atoms with van der Waals surface area (Å²) in [5, 5.41) is 9.05. The van der Waals surface area contributed by atoms with Gasteiger partial charge in [-0.25, -0.2) is 0 Å². The van der Waals surface area contributed by atoms with Crippen LogP contribution in [0.5, 0.6) is 5.75 Å². The Balaban J connectivity index is 1.37. The molecule has 4 heterocycles. The van der Waals surface area contributed by atoms with Gasteiger partial charge in [0.2, 0.25) is 5.69 Å². The van der Waals surface area contributed by atoms with Gasteiger partial charge in [0.05, 0.1) is 5.41 Å². The van der Waals surface area contributed by atoms with Gasteiger partial charge in [0, 0.05) is 66.9 Å². The monoisotopic (exact) mass is 579 g/mol. The highest BCUT2D eigenvalue weighted by molar-refractivity contribution is 6.03. The molecule has 0 saturated carbocycles. The van der Waals surface area contributed by atoms with Gasteiger partial charge in [-0.15, -0.1) is 0 Å². The van der Waals surface area contributed by atoms with Crippen molar-refractivity contribution in [1.82, 2.24) is 0 Å². The average molecular weight is 580 g/mol. The lowest BCUT2D eigenvalue weighted by Crippen LogP contribution is -2.35.